The summed E-state index contributed by atoms with van der Waals surface area (Å²) in [5.41, 5.74) is 2.48. The number of anilines is 1. The first-order chi connectivity index (χ1) is 9.81. The van der Waals surface area contributed by atoms with Crippen LogP contribution < -0.4 is 5.32 Å². The van der Waals surface area contributed by atoms with Crippen molar-refractivity contribution in [1.29, 1.82) is 0 Å². The van der Waals surface area contributed by atoms with Crippen molar-refractivity contribution >= 4 is 17.6 Å². The molecule has 2 atom stereocenters. The number of carboxylic acid groups (broad SMARTS) is 1. The van der Waals surface area contributed by atoms with Crippen molar-refractivity contribution in [2.24, 2.45) is 11.8 Å². The summed E-state index contributed by atoms with van der Waals surface area (Å²) in [5, 5.41) is 16.4. The van der Waals surface area contributed by atoms with Crippen LogP contribution in [-0.2, 0) is 9.59 Å². The summed E-state index contributed by atoms with van der Waals surface area (Å²) in [6.07, 6.45) is 1.65. The molecule has 1 saturated carbocycles. The van der Waals surface area contributed by atoms with Crippen molar-refractivity contribution in [2.75, 3.05) is 5.32 Å². The summed E-state index contributed by atoms with van der Waals surface area (Å²) in [7, 11) is 0. The van der Waals surface area contributed by atoms with Gasteiger partial charge in [-0.3, -0.25) is 14.3 Å². The monoisotopic (exact) mass is 293 g/mol. The van der Waals surface area contributed by atoms with Gasteiger partial charge in [0.2, 0.25) is 5.91 Å². The van der Waals surface area contributed by atoms with Gasteiger partial charge in [-0.05, 0) is 47.0 Å². The summed E-state index contributed by atoms with van der Waals surface area (Å²) in [4.78, 5) is 23.3. The first-order valence-corrected chi connectivity index (χ1v) is 7.40. The number of nitrogens with one attached hydrogen (secondary N) is 1. The Kier molecular flexibility index (Phi) is 4.34. The number of carbonyl (C=O) groups excluding carboxylic acids is 1. The minimum Gasteiger partial charge on any atom is -0.481 e. The first-order valence-electron chi connectivity index (χ1n) is 7.40. The van der Waals surface area contributed by atoms with Gasteiger partial charge in [-0.15, -0.1) is 0 Å². The number of aliphatic carboxylic acids is 1. The van der Waals surface area contributed by atoms with E-state index in [4.69, 9.17) is 5.11 Å². The third-order valence-corrected chi connectivity index (χ3v) is 4.21. The Balaban J connectivity index is 2.09. The maximum atomic E-state index is 12.3. The van der Waals surface area contributed by atoms with E-state index in [-0.39, 0.29) is 23.8 Å². The van der Waals surface area contributed by atoms with Crippen LogP contribution >= 0.6 is 0 Å². The molecule has 1 aliphatic rings. The van der Waals surface area contributed by atoms with Crippen LogP contribution in [0.5, 0.6) is 0 Å². The van der Waals surface area contributed by atoms with Crippen LogP contribution in [0, 0.1) is 25.7 Å². The van der Waals surface area contributed by atoms with Gasteiger partial charge in [-0.2, -0.15) is 5.10 Å². The number of nitrogens with zero attached hydrogens (tertiary/aromatic N) is 2. The number of carbonyl (C=O) groups is 2. The van der Waals surface area contributed by atoms with Gasteiger partial charge in [0.1, 0.15) is 0 Å². The lowest BCUT2D eigenvalue weighted by atomic mass is 10.0. The summed E-state index contributed by atoms with van der Waals surface area (Å²) in [6, 6.07) is 0.234. The molecule has 1 heterocycles. The van der Waals surface area contributed by atoms with Crippen LogP contribution in [0.25, 0.3) is 0 Å². The summed E-state index contributed by atoms with van der Waals surface area (Å²) in [6.45, 7) is 7.89. The maximum Gasteiger partial charge on any atom is 0.306 e. The molecule has 2 rings (SSSR count). The molecule has 1 aliphatic carbocycles. The topological polar surface area (TPSA) is 84.2 Å². The minimum atomic E-state index is -0.801. The number of carboxylic acids is 1. The summed E-state index contributed by atoms with van der Waals surface area (Å²) >= 11 is 0. The highest BCUT2D eigenvalue weighted by atomic mass is 16.4. The van der Waals surface area contributed by atoms with E-state index in [1.54, 1.807) is 0 Å². The zero-order valence-electron chi connectivity index (χ0n) is 13.0. The molecular formula is C15H23N3O3. The zero-order chi connectivity index (χ0) is 15.7. The predicted octanol–water partition coefficient (Wildman–Crippen LogP) is 2.52. The van der Waals surface area contributed by atoms with Crippen molar-refractivity contribution in [2.45, 2.75) is 53.0 Å². The molecule has 0 aromatic carbocycles. The molecule has 0 unspecified atom stereocenters. The number of amides is 1. The predicted molar refractivity (Wildman–Crippen MR) is 79.2 cm³/mol. The van der Waals surface area contributed by atoms with Crippen LogP contribution in [0.1, 0.15) is 50.5 Å². The smallest absolute Gasteiger partial charge is 0.306 e. The molecule has 0 spiro atoms. The number of hydrogen-bond donors (Lipinski definition) is 2. The van der Waals surface area contributed by atoms with Crippen LogP contribution in [0.4, 0.5) is 5.69 Å². The van der Waals surface area contributed by atoms with E-state index in [0.717, 1.165) is 17.1 Å². The van der Waals surface area contributed by atoms with Crippen LogP contribution in [0.2, 0.25) is 0 Å². The second-order valence-electron chi connectivity index (χ2n) is 6.12. The number of hydrogen-bond acceptors (Lipinski definition) is 3. The quantitative estimate of drug-likeness (QED) is 0.893. The molecule has 0 aliphatic heterocycles. The maximum absolute atomic E-state index is 12.3. The Hall–Kier alpha value is -1.85. The molecule has 6 nitrogen and oxygen atoms in total. The standard InChI is InChI=1S/C15H23N3O3/c1-8(2)18-10(4)13(9(3)17-18)16-14(19)11-5-6-12(7-11)15(20)21/h8,11-12H,5-7H2,1-4H3,(H,16,19)(H,20,21)/t11-,12+/m1/s1. The fourth-order valence-electron chi connectivity index (χ4n) is 3.02. The number of aromatic nitrogens is 2. The third kappa shape index (κ3) is 3.09. The van der Waals surface area contributed by atoms with Crippen LogP contribution in [0.15, 0.2) is 0 Å². The van der Waals surface area contributed by atoms with Crippen molar-refractivity contribution in [1.82, 2.24) is 9.78 Å². The molecule has 2 N–H and O–H groups in total. The van der Waals surface area contributed by atoms with E-state index < -0.39 is 5.97 Å². The fraction of sp³-hybridized carbons (Fsp3) is 0.667. The zero-order valence-corrected chi connectivity index (χ0v) is 13.0. The number of aryl methyl sites for hydroxylation is 1. The average Bonchev–Trinajstić information content (AvgIpc) is 2.99. The Morgan fingerprint density at radius 1 is 1.29 bits per heavy atom. The Morgan fingerprint density at radius 2 is 1.90 bits per heavy atom. The van der Waals surface area contributed by atoms with Crippen molar-refractivity contribution in [3.05, 3.63) is 11.4 Å². The summed E-state index contributed by atoms with van der Waals surface area (Å²) in [5.74, 6) is -1.49. The first kappa shape index (κ1) is 15.5. The van der Waals surface area contributed by atoms with Gasteiger partial charge >= 0.3 is 5.97 Å². The third-order valence-electron chi connectivity index (χ3n) is 4.21. The lowest BCUT2D eigenvalue weighted by molar-refractivity contribution is -0.141. The molecule has 6 heteroatoms. The highest BCUT2D eigenvalue weighted by Crippen LogP contribution is 2.32. The normalized spacial score (nSPS) is 21.8. The Bertz CT molecular complexity index is 563. The summed E-state index contributed by atoms with van der Waals surface area (Å²) < 4.78 is 1.89. The van der Waals surface area contributed by atoms with E-state index in [1.807, 2.05) is 32.4 Å². The molecule has 116 valence electrons. The minimum absolute atomic E-state index is 0.0896. The van der Waals surface area contributed by atoms with Crippen molar-refractivity contribution in [3.63, 3.8) is 0 Å². The van der Waals surface area contributed by atoms with E-state index in [0.29, 0.717) is 19.3 Å². The fourth-order valence-corrected chi connectivity index (χ4v) is 3.02. The highest BCUT2D eigenvalue weighted by Gasteiger charge is 2.34. The largest absolute Gasteiger partial charge is 0.481 e. The van der Waals surface area contributed by atoms with Crippen molar-refractivity contribution in [3.8, 4) is 0 Å². The lowest BCUT2D eigenvalue weighted by Crippen LogP contribution is -2.22. The molecule has 0 saturated heterocycles. The molecule has 0 radical (unpaired) electrons. The molecular weight excluding hydrogens is 270 g/mol. The van der Waals surface area contributed by atoms with Crippen LogP contribution in [0.3, 0.4) is 0 Å². The van der Waals surface area contributed by atoms with Gasteiger partial charge in [-0.25, -0.2) is 0 Å². The Morgan fingerprint density at radius 3 is 2.38 bits per heavy atom. The molecule has 0 bridgehead atoms. The molecule has 21 heavy (non-hydrogen) atoms. The SMILES string of the molecule is Cc1nn(C(C)C)c(C)c1NC(=O)[C@@H]1CC[C@H](C(=O)O)C1. The molecule has 1 aromatic rings. The number of rotatable bonds is 4. The van der Waals surface area contributed by atoms with Gasteiger partial charge in [-0.1, -0.05) is 0 Å². The highest BCUT2D eigenvalue weighted by molar-refractivity contribution is 5.94. The second-order valence-corrected chi connectivity index (χ2v) is 6.12. The second kappa shape index (κ2) is 5.87. The van der Waals surface area contributed by atoms with Crippen LogP contribution in [-0.4, -0.2) is 26.8 Å². The molecule has 1 aromatic heterocycles. The molecule has 1 amide bonds. The van der Waals surface area contributed by atoms with Crippen molar-refractivity contribution < 1.29 is 14.7 Å². The van der Waals surface area contributed by atoms with Gasteiger partial charge in [0.05, 0.1) is 23.0 Å². The average molecular weight is 293 g/mol. The van der Waals surface area contributed by atoms with E-state index in [1.165, 1.54) is 0 Å². The Labute approximate surface area is 124 Å². The van der Waals surface area contributed by atoms with E-state index >= 15 is 0 Å². The van der Waals surface area contributed by atoms with Gasteiger partial charge < -0.3 is 10.4 Å². The van der Waals surface area contributed by atoms with E-state index in [2.05, 4.69) is 10.4 Å². The lowest BCUT2D eigenvalue weighted by Gasteiger charge is -2.12. The molecule has 1 fully saturated rings. The van der Waals surface area contributed by atoms with E-state index in [9.17, 15) is 9.59 Å². The van der Waals surface area contributed by atoms with Gasteiger partial charge in [0.15, 0.2) is 0 Å². The van der Waals surface area contributed by atoms with Gasteiger partial charge in [0.25, 0.3) is 0 Å². The van der Waals surface area contributed by atoms with Gasteiger partial charge in [0, 0.05) is 12.0 Å².